The first kappa shape index (κ1) is 21.8. The monoisotopic (exact) mass is 377 g/mol. The maximum absolute atomic E-state index is 10.6. The van der Waals surface area contributed by atoms with Crippen molar-refractivity contribution in [2.24, 2.45) is 11.8 Å². The van der Waals surface area contributed by atoms with Gasteiger partial charge in [0.25, 0.3) is 0 Å². The van der Waals surface area contributed by atoms with Crippen LogP contribution in [0.1, 0.15) is 64.7 Å². The van der Waals surface area contributed by atoms with Crippen molar-refractivity contribution in [3.63, 3.8) is 0 Å². The van der Waals surface area contributed by atoms with Crippen LogP contribution in [0.4, 0.5) is 0 Å². The van der Waals surface area contributed by atoms with Gasteiger partial charge < -0.3 is 15.2 Å². The van der Waals surface area contributed by atoms with Gasteiger partial charge in [0.2, 0.25) is 0 Å². The Hall–Kier alpha value is -1.46. The molecule has 0 saturated carbocycles. The summed E-state index contributed by atoms with van der Waals surface area (Å²) in [6.45, 7) is 3.11. The molecule has 2 saturated heterocycles. The molecular weight excluding hydrogens is 342 g/mol. The molecule has 2 bridgehead atoms. The van der Waals surface area contributed by atoms with Gasteiger partial charge in [0, 0.05) is 12.5 Å². The van der Waals surface area contributed by atoms with Gasteiger partial charge in [0.05, 0.1) is 12.2 Å². The summed E-state index contributed by atoms with van der Waals surface area (Å²) in [7, 11) is 0. The number of aliphatic carboxylic acids is 1. The van der Waals surface area contributed by atoms with Crippen LogP contribution in [0.2, 0.25) is 0 Å². The van der Waals surface area contributed by atoms with E-state index in [4.69, 9.17) is 9.84 Å². The van der Waals surface area contributed by atoms with Crippen molar-refractivity contribution in [2.45, 2.75) is 83.0 Å². The number of hydrogen-bond donors (Lipinski definition) is 2. The number of carbonyl (C=O) groups is 2. The number of hydrogen-bond acceptors (Lipinski definition) is 4. The zero-order chi connectivity index (χ0) is 19.5. The Bertz CT molecular complexity index is 516. The molecule has 2 fully saturated rings. The highest BCUT2D eigenvalue weighted by Crippen LogP contribution is 2.46. The normalized spacial score (nSPS) is 28.3. The lowest BCUT2D eigenvalue weighted by Crippen LogP contribution is -2.33. The summed E-state index contributed by atoms with van der Waals surface area (Å²) in [5.74, 6) is 0.454. The second-order valence-corrected chi connectivity index (χ2v) is 7.77. The first-order valence-electron chi connectivity index (χ1n) is 10.5. The largest absolute Gasteiger partial charge is 0.481 e. The average molecular weight is 378 g/mol. The molecule has 2 N–H and O–H groups in total. The van der Waals surface area contributed by atoms with Gasteiger partial charge in [0.15, 0.2) is 0 Å². The van der Waals surface area contributed by atoms with Gasteiger partial charge >= 0.3 is 5.97 Å². The number of carbonyl (C=O) groups excluding carboxylic acids is 1. The van der Waals surface area contributed by atoms with Crippen LogP contribution in [0.15, 0.2) is 24.3 Å². The number of carboxylic acid groups (broad SMARTS) is 1. The molecule has 1 unspecified atom stereocenters. The third kappa shape index (κ3) is 7.23. The van der Waals surface area contributed by atoms with E-state index in [-0.39, 0.29) is 12.5 Å². The SMILES string of the molecule is CCCC(C=CC=O)NCC[C@@H]1[C@H](C/C=C\CCCC(=O)O)[C@@H]2CC[C@H]1O2. The summed E-state index contributed by atoms with van der Waals surface area (Å²) in [5, 5.41) is 12.3. The van der Waals surface area contributed by atoms with Crippen molar-refractivity contribution < 1.29 is 19.4 Å². The van der Waals surface area contributed by atoms with E-state index in [0.29, 0.717) is 30.5 Å². The number of carboxylic acids is 1. The predicted molar refractivity (Wildman–Crippen MR) is 107 cm³/mol. The lowest BCUT2D eigenvalue weighted by molar-refractivity contribution is -0.137. The predicted octanol–water partition coefficient (Wildman–Crippen LogP) is 3.88. The van der Waals surface area contributed by atoms with Crippen LogP contribution in [-0.4, -0.2) is 42.2 Å². The standard InChI is InChI=1S/C22H35NO4/c1-2-8-17(9-7-16-24)23-15-14-19-18(20-12-13-21(19)27-20)10-5-3-4-6-11-22(25)26/h3,5,7,9,16-21,23H,2,4,6,8,10-15H2,1H3,(H,25,26)/b5-3-,9-7?/t17?,18-,19+,20-,21+/m0/s1. The number of fused-ring (bicyclic) bond motifs is 2. The molecule has 5 heteroatoms. The fourth-order valence-corrected chi connectivity index (χ4v) is 4.53. The quantitative estimate of drug-likeness (QED) is 0.208. The number of aldehydes is 1. The highest BCUT2D eigenvalue weighted by molar-refractivity contribution is 5.66. The summed E-state index contributed by atoms with van der Waals surface area (Å²) < 4.78 is 6.18. The molecule has 2 aliphatic heterocycles. The van der Waals surface area contributed by atoms with Gasteiger partial charge in [-0.1, -0.05) is 31.6 Å². The van der Waals surface area contributed by atoms with Gasteiger partial charge in [-0.3, -0.25) is 9.59 Å². The van der Waals surface area contributed by atoms with Gasteiger partial charge in [-0.2, -0.15) is 0 Å². The maximum Gasteiger partial charge on any atom is 0.303 e. The van der Waals surface area contributed by atoms with Gasteiger partial charge in [-0.25, -0.2) is 0 Å². The van der Waals surface area contributed by atoms with Crippen LogP contribution in [0.5, 0.6) is 0 Å². The molecule has 0 aliphatic carbocycles. The van der Waals surface area contributed by atoms with E-state index in [1.165, 1.54) is 12.8 Å². The minimum Gasteiger partial charge on any atom is -0.481 e. The van der Waals surface area contributed by atoms with Crippen LogP contribution < -0.4 is 5.32 Å². The third-order valence-corrected chi connectivity index (χ3v) is 5.83. The van der Waals surface area contributed by atoms with Crippen LogP contribution in [0.25, 0.3) is 0 Å². The van der Waals surface area contributed by atoms with Gasteiger partial charge in [0.1, 0.15) is 6.29 Å². The molecule has 0 spiro atoms. The zero-order valence-corrected chi connectivity index (χ0v) is 16.5. The van der Waals surface area contributed by atoms with Gasteiger partial charge in [-0.15, -0.1) is 0 Å². The van der Waals surface area contributed by atoms with E-state index in [0.717, 1.165) is 44.9 Å². The van der Waals surface area contributed by atoms with E-state index in [1.54, 1.807) is 6.08 Å². The van der Waals surface area contributed by atoms with Gasteiger partial charge in [-0.05, 0) is 69.4 Å². The van der Waals surface area contributed by atoms with Crippen LogP contribution >= 0.6 is 0 Å². The Morgan fingerprint density at radius 3 is 2.74 bits per heavy atom. The van der Waals surface area contributed by atoms with E-state index in [9.17, 15) is 9.59 Å². The maximum atomic E-state index is 10.6. The molecule has 2 aliphatic rings. The van der Waals surface area contributed by atoms with Crippen molar-refractivity contribution >= 4 is 12.3 Å². The number of ether oxygens (including phenoxy) is 1. The Morgan fingerprint density at radius 2 is 2.04 bits per heavy atom. The average Bonchev–Trinajstić information content (AvgIpc) is 3.24. The second kappa shape index (κ2) is 12.1. The Morgan fingerprint density at radius 1 is 1.26 bits per heavy atom. The minimum atomic E-state index is -0.721. The first-order chi connectivity index (χ1) is 13.2. The Labute approximate surface area is 163 Å². The molecule has 5 atom stereocenters. The lowest BCUT2D eigenvalue weighted by Gasteiger charge is -2.28. The first-order valence-corrected chi connectivity index (χ1v) is 10.5. The molecule has 5 nitrogen and oxygen atoms in total. The van der Waals surface area contributed by atoms with Crippen LogP contribution in [0.3, 0.4) is 0 Å². The van der Waals surface area contributed by atoms with Crippen LogP contribution in [0, 0.1) is 11.8 Å². The van der Waals surface area contributed by atoms with E-state index >= 15 is 0 Å². The van der Waals surface area contributed by atoms with E-state index in [1.807, 2.05) is 6.08 Å². The second-order valence-electron chi connectivity index (χ2n) is 7.77. The number of allylic oxidation sites excluding steroid dienone is 3. The zero-order valence-electron chi connectivity index (χ0n) is 16.5. The topological polar surface area (TPSA) is 75.6 Å². The Kier molecular flexibility index (Phi) is 9.78. The van der Waals surface area contributed by atoms with Crippen molar-refractivity contribution in [1.29, 1.82) is 0 Å². The fraction of sp³-hybridized carbons (Fsp3) is 0.727. The molecule has 0 aromatic rings. The molecule has 0 aromatic heterocycles. The highest BCUT2D eigenvalue weighted by Gasteiger charge is 2.47. The smallest absolute Gasteiger partial charge is 0.303 e. The van der Waals surface area contributed by atoms with E-state index < -0.39 is 5.97 Å². The van der Waals surface area contributed by atoms with Crippen molar-refractivity contribution in [3.8, 4) is 0 Å². The number of unbranched alkanes of at least 4 members (excludes halogenated alkanes) is 1. The fourth-order valence-electron chi connectivity index (χ4n) is 4.53. The van der Waals surface area contributed by atoms with E-state index in [2.05, 4.69) is 24.4 Å². The summed E-state index contributed by atoms with van der Waals surface area (Å²) in [5.41, 5.74) is 0. The third-order valence-electron chi connectivity index (χ3n) is 5.83. The van der Waals surface area contributed by atoms with Crippen molar-refractivity contribution in [3.05, 3.63) is 24.3 Å². The Balaban J connectivity index is 1.76. The summed E-state index contributed by atoms with van der Waals surface area (Å²) in [4.78, 5) is 21.1. The number of nitrogens with one attached hydrogen (secondary N) is 1. The molecule has 27 heavy (non-hydrogen) atoms. The molecule has 0 aromatic carbocycles. The summed E-state index contributed by atoms with van der Waals surface area (Å²) in [6, 6.07) is 0.271. The molecule has 0 amide bonds. The molecular formula is C22H35NO4. The highest BCUT2D eigenvalue weighted by atomic mass is 16.5. The number of rotatable bonds is 14. The van der Waals surface area contributed by atoms with Crippen LogP contribution in [-0.2, 0) is 14.3 Å². The minimum absolute atomic E-state index is 0.243. The van der Waals surface area contributed by atoms with Crippen molar-refractivity contribution in [2.75, 3.05) is 6.54 Å². The molecule has 152 valence electrons. The van der Waals surface area contributed by atoms with Crippen molar-refractivity contribution in [1.82, 2.24) is 5.32 Å². The lowest BCUT2D eigenvalue weighted by atomic mass is 9.76. The molecule has 2 heterocycles. The summed E-state index contributed by atoms with van der Waals surface area (Å²) >= 11 is 0. The summed E-state index contributed by atoms with van der Waals surface area (Å²) in [6.07, 6.45) is 17.9. The molecule has 2 rings (SSSR count). The molecule has 0 radical (unpaired) electrons.